The number of carbonyl (C=O) groups excluding carboxylic acids is 1. The van der Waals surface area contributed by atoms with Gasteiger partial charge in [0.05, 0.1) is 0 Å². The third-order valence-electron chi connectivity index (χ3n) is 3.63. The fourth-order valence-corrected chi connectivity index (χ4v) is 2.33. The summed E-state index contributed by atoms with van der Waals surface area (Å²) in [7, 11) is 0. The summed E-state index contributed by atoms with van der Waals surface area (Å²) in [6, 6.07) is 19.1. The van der Waals surface area contributed by atoms with Crippen molar-refractivity contribution in [2.75, 3.05) is 13.1 Å². The summed E-state index contributed by atoms with van der Waals surface area (Å²) in [6.07, 6.45) is 0.849. The van der Waals surface area contributed by atoms with E-state index in [4.69, 9.17) is 5.73 Å². The second kappa shape index (κ2) is 7.60. The molecule has 0 heterocycles. The Hall–Kier alpha value is -2.13. The van der Waals surface area contributed by atoms with Gasteiger partial charge in [-0.05, 0) is 24.5 Å². The SMILES string of the molecule is CCN(CCc1ccccc1)C(=O)[C@H](N)c1ccccc1. The molecule has 3 nitrogen and oxygen atoms in total. The van der Waals surface area contributed by atoms with E-state index in [9.17, 15) is 4.79 Å². The molecule has 0 radical (unpaired) electrons. The number of hydrogen-bond acceptors (Lipinski definition) is 2. The highest BCUT2D eigenvalue weighted by Gasteiger charge is 2.20. The number of amides is 1. The lowest BCUT2D eigenvalue weighted by atomic mass is 10.1. The zero-order chi connectivity index (χ0) is 15.1. The van der Waals surface area contributed by atoms with Crippen LogP contribution in [-0.2, 0) is 11.2 Å². The summed E-state index contributed by atoms with van der Waals surface area (Å²) in [6.45, 7) is 3.35. The number of hydrogen-bond donors (Lipinski definition) is 1. The quantitative estimate of drug-likeness (QED) is 0.885. The first kappa shape index (κ1) is 15.3. The van der Waals surface area contributed by atoms with Crippen LogP contribution >= 0.6 is 0 Å². The van der Waals surface area contributed by atoms with Gasteiger partial charge < -0.3 is 10.6 Å². The summed E-state index contributed by atoms with van der Waals surface area (Å²) in [5, 5.41) is 0. The van der Waals surface area contributed by atoms with Crippen molar-refractivity contribution in [3.63, 3.8) is 0 Å². The molecule has 0 fully saturated rings. The molecule has 21 heavy (non-hydrogen) atoms. The lowest BCUT2D eigenvalue weighted by molar-refractivity contribution is -0.132. The highest BCUT2D eigenvalue weighted by atomic mass is 16.2. The summed E-state index contributed by atoms with van der Waals surface area (Å²) < 4.78 is 0. The molecule has 2 N–H and O–H groups in total. The first-order valence-corrected chi connectivity index (χ1v) is 7.35. The fraction of sp³-hybridized carbons (Fsp3) is 0.278. The molecule has 0 aliphatic heterocycles. The van der Waals surface area contributed by atoms with Gasteiger partial charge in [-0.1, -0.05) is 60.7 Å². The summed E-state index contributed by atoms with van der Waals surface area (Å²) >= 11 is 0. The molecule has 0 aliphatic carbocycles. The van der Waals surface area contributed by atoms with Crippen molar-refractivity contribution in [1.29, 1.82) is 0 Å². The average Bonchev–Trinajstić information content (AvgIpc) is 2.56. The first-order chi connectivity index (χ1) is 10.2. The maximum Gasteiger partial charge on any atom is 0.244 e. The van der Waals surface area contributed by atoms with Crippen molar-refractivity contribution in [1.82, 2.24) is 4.90 Å². The zero-order valence-electron chi connectivity index (χ0n) is 12.4. The van der Waals surface area contributed by atoms with Gasteiger partial charge in [-0.25, -0.2) is 0 Å². The van der Waals surface area contributed by atoms with E-state index < -0.39 is 6.04 Å². The van der Waals surface area contributed by atoms with E-state index in [1.54, 1.807) is 0 Å². The molecule has 2 rings (SSSR count). The number of benzene rings is 2. The van der Waals surface area contributed by atoms with Crippen LogP contribution in [0.15, 0.2) is 60.7 Å². The maximum atomic E-state index is 12.5. The number of likely N-dealkylation sites (N-methyl/N-ethyl adjacent to an activating group) is 1. The zero-order valence-corrected chi connectivity index (χ0v) is 12.4. The van der Waals surface area contributed by atoms with Crippen LogP contribution in [0.2, 0.25) is 0 Å². The van der Waals surface area contributed by atoms with Crippen LogP contribution in [0.25, 0.3) is 0 Å². The molecule has 0 aromatic heterocycles. The van der Waals surface area contributed by atoms with Crippen LogP contribution in [0.5, 0.6) is 0 Å². The Morgan fingerprint density at radius 3 is 2.19 bits per heavy atom. The number of carbonyl (C=O) groups is 1. The second-order valence-electron chi connectivity index (χ2n) is 5.04. The highest BCUT2D eigenvalue weighted by molar-refractivity contribution is 5.83. The van der Waals surface area contributed by atoms with E-state index in [1.807, 2.05) is 60.4 Å². The molecule has 0 saturated carbocycles. The van der Waals surface area contributed by atoms with Crippen molar-refractivity contribution in [3.8, 4) is 0 Å². The smallest absolute Gasteiger partial charge is 0.244 e. The average molecular weight is 282 g/mol. The Kier molecular flexibility index (Phi) is 5.52. The van der Waals surface area contributed by atoms with E-state index in [-0.39, 0.29) is 5.91 Å². The fourth-order valence-electron chi connectivity index (χ4n) is 2.33. The molecular formula is C18H22N2O. The van der Waals surface area contributed by atoms with E-state index in [2.05, 4.69) is 12.1 Å². The molecule has 0 spiro atoms. The minimum absolute atomic E-state index is 0.0142. The van der Waals surface area contributed by atoms with Crippen LogP contribution in [0.4, 0.5) is 0 Å². The maximum absolute atomic E-state index is 12.5. The van der Waals surface area contributed by atoms with E-state index in [0.29, 0.717) is 13.1 Å². The third-order valence-corrected chi connectivity index (χ3v) is 3.63. The molecule has 0 saturated heterocycles. The minimum atomic E-state index is -0.582. The van der Waals surface area contributed by atoms with Crippen molar-refractivity contribution in [2.45, 2.75) is 19.4 Å². The predicted octanol–water partition coefficient (Wildman–Crippen LogP) is 2.78. The van der Waals surface area contributed by atoms with Crippen molar-refractivity contribution >= 4 is 5.91 Å². The molecule has 1 amide bonds. The van der Waals surface area contributed by atoms with Gasteiger partial charge in [-0.3, -0.25) is 4.79 Å². The molecule has 2 aromatic rings. The molecule has 3 heteroatoms. The second-order valence-corrected chi connectivity index (χ2v) is 5.04. The molecule has 1 atom stereocenters. The topological polar surface area (TPSA) is 46.3 Å². The minimum Gasteiger partial charge on any atom is -0.341 e. The Morgan fingerprint density at radius 1 is 1.05 bits per heavy atom. The van der Waals surface area contributed by atoms with Crippen molar-refractivity contribution < 1.29 is 4.79 Å². The molecule has 2 aromatic carbocycles. The molecular weight excluding hydrogens is 260 g/mol. The summed E-state index contributed by atoms with van der Waals surface area (Å²) in [4.78, 5) is 14.3. The third kappa shape index (κ3) is 4.17. The largest absolute Gasteiger partial charge is 0.341 e. The first-order valence-electron chi connectivity index (χ1n) is 7.35. The van der Waals surface area contributed by atoms with Crippen LogP contribution in [-0.4, -0.2) is 23.9 Å². The van der Waals surface area contributed by atoms with Gasteiger partial charge in [0.25, 0.3) is 0 Å². The van der Waals surface area contributed by atoms with Gasteiger partial charge in [0.15, 0.2) is 0 Å². The van der Waals surface area contributed by atoms with E-state index in [1.165, 1.54) is 5.56 Å². The normalized spacial score (nSPS) is 11.9. The Balaban J connectivity index is 1.98. The van der Waals surface area contributed by atoms with Crippen molar-refractivity contribution in [3.05, 3.63) is 71.8 Å². The number of nitrogens with two attached hydrogens (primary N) is 1. The molecule has 0 unspecified atom stereocenters. The Labute approximate surface area is 126 Å². The number of nitrogens with zero attached hydrogens (tertiary/aromatic N) is 1. The lowest BCUT2D eigenvalue weighted by Gasteiger charge is -2.24. The summed E-state index contributed by atoms with van der Waals surface area (Å²) in [5.41, 5.74) is 8.19. The van der Waals surface area contributed by atoms with Gasteiger partial charge in [0.1, 0.15) is 6.04 Å². The molecule has 0 bridgehead atoms. The van der Waals surface area contributed by atoms with Crippen LogP contribution < -0.4 is 5.73 Å². The summed E-state index contributed by atoms with van der Waals surface area (Å²) in [5.74, 6) is -0.0142. The number of rotatable bonds is 6. The highest BCUT2D eigenvalue weighted by Crippen LogP contribution is 2.13. The van der Waals surface area contributed by atoms with Gasteiger partial charge >= 0.3 is 0 Å². The predicted molar refractivity (Wildman–Crippen MR) is 85.8 cm³/mol. The monoisotopic (exact) mass is 282 g/mol. The van der Waals surface area contributed by atoms with Crippen LogP contribution in [0.1, 0.15) is 24.1 Å². The van der Waals surface area contributed by atoms with Gasteiger partial charge in [-0.2, -0.15) is 0 Å². The van der Waals surface area contributed by atoms with Crippen molar-refractivity contribution in [2.24, 2.45) is 5.73 Å². The van der Waals surface area contributed by atoms with Gasteiger partial charge in [0, 0.05) is 13.1 Å². The lowest BCUT2D eigenvalue weighted by Crippen LogP contribution is -2.39. The van der Waals surface area contributed by atoms with E-state index >= 15 is 0 Å². The van der Waals surface area contributed by atoms with Crippen LogP contribution in [0.3, 0.4) is 0 Å². The van der Waals surface area contributed by atoms with Gasteiger partial charge in [-0.15, -0.1) is 0 Å². The Bertz CT molecular complexity index is 554. The standard InChI is InChI=1S/C18H22N2O/c1-2-20(14-13-15-9-5-3-6-10-15)18(21)17(19)16-11-7-4-8-12-16/h3-12,17H,2,13-14,19H2,1H3/t17-/m1/s1. The Morgan fingerprint density at radius 2 is 1.62 bits per heavy atom. The van der Waals surface area contributed by atoms with Crippen LogP contribution in [0, 0.1) is 0 Å². The molecule has 110 valence electrons. The molecule has 0 aliphatic rings. The van der Waals surface area contributed by atoms with Gasteiger partial charge in [0.2, 0.25) is 5.91 Å². The van der Waals surface area contributed by atoms with E-state index in [0.717, 1.165) is 12.0 Å².